The summed E-state index contributed by atoms with van der Waals surface area (Å²) in [5.41, 5.74) is 1.63. The minimum Gasteiger partial charge on any atom is -0.452 e. The lowest BCUT2D eigenvalue weighted by Gasteiger charge is -2.13. The van der Waals surface area contributed by atoms with Gasteiger partial charge in [-0.15, -0.1) is 0 Å². The van der Waals surface area contributed by atoms with Crippen molar-refractivity contribution >= 4 is 40.8 Å². The van der Waals surface area contributed by atoms with Gasteiger partial charge in [0.1, 0.15) is 0 Å². The molecule has 0 saturated carbocycles. The van der Waals surface area contributed by atoms with Gasteiger partial charge in [0, 0.05) is 5.69 Å². The molecule has 2 rings (SSSR count). The molecule has 0 aliphatic heterocycles. The van der Waals surface area contributed by atoms with Crippen molar-refractivity contribution < 1.29 is 14.3 Å². The number of esters is 1. The molecule has 128 valence electrons. The molecule has 2 aromatic rings. The van der Waals surface area contributed by atoms with E-state index in [0.717, 1.165) is 0 Å². The van der Waals surface area contributed by atoms with E-state index in [1.54, 1.807) is 42.5 Å². The number of hydrogen-bond acceptors (Lipinski definition) is 4. The molecule has 7 heteroatoms. The van der Waals surface area contributed by atoms with E-state index in [4.69, 9.17) is 33.2 Å². The molecule has 0 bridgehead atoms. The number of benzene rings is 2. The van der Waals surface area contributed by atoms with E-state index >= 15 is 0 Å². The standard InChI is InChI=1S/C18H14Cl2N2O3/c1-11(18(24)22-14-5-2-12(10-21)3-6-14)25-17(23)9-13-4-7-15(19)16(20)8-13/h2-8,11H,9H2,1H3,(H,22,24)/t11-/m0/s1. The van der Waals surface area contributed by atoms with Crippen molar-refractivity contribution in [3.8, 4) is 6.07 Å². The number of nitrogens with zero attached hydrogens (tertiary/aromatic N) is 1. The number of amides is 1. The predicted octanol–water partition coefficient (Wildman–Crippen LogP) is 3.98. The fourth-order valence-corrected chi connectivity index (χ4v) is 2.30. The second-order valence-corrected chi connectivity index (χ2v) is 6.05. The number of rotatable bonds is 5. The van der Waals surface area contributed by atoms with Crippen LogP contribution in [0.1, 0.15) is 18.1 Å². The second kappa shape index (κ2) is 8.52. The van der Waals surface area contributed by atoms with Crippen molar-refractivity contribution in [1.29, 1.82) is 5.26 Å². The summed E-state index contributed by atoms with van der Waals surface area (Å²) in [5.74, 6) is -1.02. The summed E-state index contributed by atoms with van der Waals surface area (Å²) in [4.78, 5) is 24.0. The van der Waals surface area contributed by atoms with Crippen molar-refractivity contribution in [2.24, 2.45) is 0 Å². The Morgan fingerprint density at radius 1 is 1.16 bits per heavy atom. The Balaban J connectivity index is 1.89. The normalized spacial score (nSPS) is 11.3. The molecule has 0 saturated heterocycles. The van der Waals surface area contributed by atoms with Crippen molar-refractivity contribution in [2.75, 3.05) is 5.32 Å². The van der Waals surface area contributed by atoms with Crippen LogP contribution in [0.25, 0.3) is 0 Å². The molecular formula is C18H14Cl2N2O3. The molecule has 5 nitrogen and oxygen atoms in total. The van der Waals surface area contributed by atoms with E-state index < -0.39 is 18.0 Å². The Labute approximate surface area is 155 Å². The van der Waals surface area contributed by atoms with Gasteiger partial charge in [-0.05, 0) is 48.9 Å². The van der Waals surface area contributed by atoms with Gasteiger partial charge < -0.3 is 10.1 Å². The Morgan fingerprint density at radius 2 is 1.84 bits per heavy atom. The van der Waals surface area contributed by atoms with Crippen LogP contribution in [0.4, 0.5) is 5.69 Å². The Kier molecular flexibility index (Phi) is 6.40. The van der Waals surface area contributed by atoms with Gasteiger partial charge in [-0.1, -0.05) is 29.3 Å². The smallest absolute Gasteiger partial charge is 0.311 e. The number of carbonyl (C=O) groups is 2. The van der Waals surface area contributed by atoms with E-state index in [1.165, 1.54) is 6.92 Å². The molecule has 0 aromatic heterocycles. The fourth-order valence-electron chi connectivity index (χ4n) is 1.98. The highest BCUT2D eigenvalue weighted by Crippen LogP contribution is 2.23. The molecular weight excluding hydrogens is 363 g/mol. The zero-order chi connectivity index (χ0) is 18.4. The topological polar surface area (TPSA) is 79.2 Å². The van der Waals surface area contributed by atoms with E-state index in [1.807, 2.05) is 6.07 Å². The summed E-state index contributed by atoms with van der Waals surface area (Å²) in [6.45, 7) is 1.48. The highest BCUT2D eigenvalue weighted by Gasteiger charge is 2.18. The van der Waals surface area contributed by atoms with Gasteiger partial charge in [-0.25, -0.2) is 0 Å². The molecule has 0 heterocycles. The lowest BCUT2D eigenvalue weighted by Crippen LogP contribution is -2.30. The van der Waals surface area contributed by atoms with Crippen molar-refractivity contribution in [1.82, 2.24) is 0 Å². The van der Waals surface area contributed by atoms with Crippen LogP contribution in [0, 0.1) is 11.3 Å². The van der Waals surface area contributed by atoms with E-state index in [9.17, 15) is 9.59 Å². The monoisotopic (exact) mass is 376 g/mol. The number of carbonyl (C=O) groups excluding carboxylic acids is 2. The van der Waals surface area contributed by atoms with E-state index in [2.05, 4.69) is 5.32 Å². The predicted molar refractivity (Wildman–Crippen MR) is 95.5 cm³/mol. The Hall–Kier alpha value is -2.55. The fraction of sp³-hybridized carbons (Fsp3) is 0.167. The molecule has 1 N–H and O–H groups in total. The van der Waals surface area contributed by atoms with Gasteiger partial charge in [-0.2, -0.15) is 5.26 Å². The summed E-state index contributed by atoms with van der Waals surface area (Å²) in [6, 6.07) is 13.2. The maximum Gasteiger partial charge on any atom is 0.311 e. The van der Waals surface area contributed by atoms with Gasteiger partial charge in [0.15, 0.2) is 6.10 Å². The van der Waals surface area contributed by atoms with Gasteiger partial charge in [0.25, 0.3) is 5.91 Å². The lowest BCUT2D eigenvalue weighted by molar-refractivity contribution is -0.152. The van der Waals surface area contributed by atoms with Crippen molar-refractivity contribution in [3.63, 3.8) is 0 Å². The summed E-state index contributed by atoms with van der Waals surface area (Å²) in [7, 11) is 0. The number of nitrogens with one attached hydrogen (secondary N) is 1. The zero-order valence-corrected chi connectivity index (χ0v) is 14.8. The van der Waals surface area contributed by atoms with Crippen LogP contribution < -0.4 is 5.32 Å². The van der Waals surface area contributed by atoms with Crippen LogP contribution >= 0.6 is 23.2 Å². The number of nitriles is 1. The van der Waals surface area contributed by atoms with Crippen LogP contribution in [0.15, 0.2) is 42.5 Å². The third-order valence-electron chi connectivity index (χ3n) is 3.29. The minimum atomic E-state index is -0.967. The molecule has 1 amide bonds. The molecule has 25 heavy (non-hydrogen) atoms. The summed E-state index contributed by atoms with van der Waals surface area (Å²) in [6.07, 6.45) is -0.989. The van der Waals surface area contributed by atoms with Crippen LogP contribution in [0.3, 0.4) is 0 Å². The van der Waals surface area contributed by atoms with Gasteiger partial charge in [0.2, 0.25) is 0 Å². The second-order valence-electron chi connectivity index (χ2n) is 5.24. The Bertz CT molecular complexity index is 829. The first-order valence-electron chi connectivity index (χ1n) is 7.33. The first kappa shape index (κ1) is 18.8. The first-order valence-corrected chi connectivity index (χ1v) is 8.09. The molecule has 0 fully saturated rings. The van der Waals surface area contributed by atoms with Crippen LogP contribution in [0.5, 0.6) is 0 Å². The molecule has 0 aliphatic carbocycles. The van der Waals surface area contributed by atoms with Crippen LogP contribution in [-0.4, -0.2) is 18.0 Å². The molecule has 0 unspecified atom stereocenters. The SMILES string of the molecule is C[C@H](OC(=O)Cc1ccc(Cl)c(Cl)c1)C(=O)Nc1ccc(C#N)cc1. The highest BCUT2D eigenvalue weighted by atomic mass is 35.5. The van der Waals surface area contributed by atoms with Crippen molar-refractivity contribution in [2.45, 2.75) is 19.4 Å². The molecule has 1 atom stereocenters. The van der Waals surface area contributed by atoms with Gasteiger partial charge >= 0.3 is 5.97 Å². The number of hydrogen-bond donors (Lipinski definition) is 1. The molecule has 0 radical (unpaired) electrons. The zero-order valence-electron chi connectivity index (χ0n) is 13.3. The largest absolute Gasteiger partial charge is 0.452 e. The third-order valence-corrected chi connectivity index (χ3v) is 4.03. The van der Waals surface area contributed by atoms with Crippen molar-refractivity contribution in [3.05, 3.63) is 63.6 Å². The average molecular weight is 377 g/mol. The number of anilines is 1. The molecule has 0 spiro atoms. The molecule has 2 aromatic carbocycles. The van der Waals surface area contributed by atoms with Gasteiger partial charge in [0.05, 0.1) is 28.1 Å². The maximum absolute atomic E-state index is 12.1. The lowest BCUT2D eigenvalue weighted by atomic mass is 10.1. The van der Waals surface area contributed by atoms with Crippen LogP contribution in [0.2, 0.25) is 10.0 Å². The van der Waals surface area contributed by atoms with E-state index in [0.29, 0.717) is 26.9 Å². The summed E-state index contributed by atoms with van der Waals surface area (Å²) >= 11 is 11.7. The third kappa shape index (κ3) is 5.49. The number of ether oxygens (including phenoxy) is 1. The molecule has 0 aliphatic rings. The number of halogens is 2. The van der Waals surface area contributed by atoms with Crippen LogP contribution in [-0.2, 0) is 20.7 Å². The first-order chi connectivity index (χ1) is 11.9. The summed E-state index contributed by atoms with van der Waals surface area (Å²) in [5, 5.41) is 12.1. The minimum absolute atomic E-state index is 0.0224. The average Bonchev–Trinajstić information content (AvgIpc) is 2.58. The summed E-state index contributed by atoms with van der Waals surface area (Å²) < 4.78 is 5.12. The highest BCUT2D eigenvalue weighted by molar-refractivity contribution is 6.42. The maximum atomic E-state index is 12.1. The quantitative estimate of drug-likeness (QED) is 0.800. The Morgan fingerprint density at radius 3 is 2.44 bits per heavy atom. The van der Waals surface area contributed by atoms with Gasteiger partial charge in [-0.3, -0.25) is 9.59 Å². The van der Waals surface area contributed by atoms with E-state index in [-0.39, 0.29) is 6.42 Å².